The molecule has 7 heterocycles. The fraction of sp³-hybridized carbons (Fsp3) is 0.629. The number of nitrogens with one attached hydrogen (secondary N) is 2. The Labute approximate surface area is 523 Å². The van der Waals surface area contributed by atoms with Gasteiger partial charge in [0, 0.05) is 131 Å². The number of amides is 7. The molecule has 17 N–H and O–H groups in total. The van der Waals surface area contributed by atoms with E-state index in [9.17, 15) is 53.2 Å². The van der Waals surface area contributed by atoms with E-state index in [0.29, 0.717) is 56.4 Å². The van der Waals surface area contributed by atoms with E-state index in [-0.39, 0.29) is 77.2 Å². The fourth-order valence-electron chi connectivity index (χ4n) is 15.4. The standard InChI is InChI=1S/C62H90N13O14P/c1-29-20-39-40(21-30(29)2)75(28-70-39)57-52(84)53(41(27-76)87-57)89-90(85,86)88-31(3)26-69-49(83)18-19-59(8)37(22-46(66)80)56-62(11)61(10,25-48(68)82)36(14-17-45(65)79)51(74-62)33(5)55-60(9,24-47(67)81)34(12-15-43(63)77)38(71-55)23-42-58(6,7)35(13-16-44(64)78)50(72-42)32(4)54(59)73-56/h20-21,23,28,31,34-37,41,52-53,56-57,71,76,84H,12-19,22,24-27H2,1-11H3,(H2,63,77)(H2,64,78)(H2,65,79)(H2,66,80)(H2,67,81)(H2,68,82)(H,69,83)(H,85,86)/b38-23+,50-32+,55-33?/t31?,34-,35-,36-,37+,41?,52?,53?,56?,57?,59-,60+,61+,62+/m1/s1. The molecule has 1 aromatic carbocycles. The summed E-state index contributed by atoms with van der Waals surface area (Å²) < 4.78 is 32.3. The van der Waals surface area contributed by atoms with Crippen LogP contribution < -0.4 is 45.0 Å². The van der Waals surface area contributed by atoms with Gasteiger partial charge in [-0.25, -0.2) is 9.55 Å². The van der Waals surface area contributed by atoms with Gasteiger partial charge in [0.1, 0.15) is 18.3 Å². The number of fused-ring (bicyclic) bond motifs is 7. The van der Waals surface area contributed by atoms with Gasteiger partial charge in [-0.2, -0.15) is 0 Å². The highest BCUT2D eigenvalue weighted by Crippen LogP contribution is 2.63. The first-order valence-corrected chi connectivity index (χ1v) is 32.1. The Morgan fingerprint density at radius 2 is 1.40 bits per heavy atom. The van der Waals surface area contributed by atoms with Gasteiger partial charge in [-0.1, -0.05) is 34.6 Å². The summed E-state index contributed by atoms with van der Waals surface area (Å²) in [6.07, 6.45) is -4.26. The van der Waals surface area contributed by atoms with Crippen LogP contribution in [0.2, 0.25) is 0 Å². The summed E-state index contributed by atoms with van der Waals surface area (Å²) in [5, 5.41) is 28.2. The number of nitrogens with two attached hydrogens (primary N) is 6. The van der Waals surface area contributed by atoms with E-state index in [1.807, 2.05) is 87.4 Å². The molecule has 90 heavy (non-hydrogen) atoms. The van der Waals surface area contributed by atoms with Gasteiger partial charge in [-0.3, -0.25) is 57.6 Å². The van der Waals surface area contributed by atoms with Gasteiger partial charge in [0.05, 0.1) is 41.7 Å². The number of carbonyl (C=O) groups excluding carboxylic acids is 7. The first-order valence-electron chi connectivity index (χ1n) is 30.6. The van der Waals surface area contributed by atoms with Crippen LogP contribution in [-0.2, 0) is 51.9 Å². The van der Waals surface area contributed by atoms with E-state index in [1.165, 1.54) is 13.3 Å². The average Bonchev–Trinajstić information content (AvgIpc) is 1.53. The zero-order valence-corrected chi connectivity index (χ0v) is 54.1. The number of aliphatic hydroxyl groups excluding tert-OH is 2. The number of hydrogen-bond acceptors (Lipinski definition) is 18. The van der Waals surface area contributed by atoms with Crippen molar-refractivity contribution < 1.29 is 67.0 Å². The third kappa shape index (κ3) is 13.0. The Kier molecular flexibility index (Phi) is 19.6. The van der Waals surface area contributed by atoms with Crippen molar-refractivity contribution in [2.75, 3.05) is 13.2 Å². The van der Waals surface area contributed by atoms with E-state index < -0.39 is 143 Å². The van der Waals surface area contributed by atoms with E-state index in [4.69, 9.17) is 63.2 Å². The largest absolute Gasteiger partial charge is 0.472 e. The summed E-state index contributed by atoms with van der Waals surface area (Å²) in [7, 11) is -5.07. The van der Waals surface area contributed by atoms with Crippen molar-refractivity contribution in [3.63, 3.8) is 0 Å². The second-order valence-electron chi connectivity index (χ2n) is 27.1. The highest BCUT2D eigenvalue weighted by atomic mass is 31.2. The minimum absolute atomic E-state index is 0.0114. The van der Waals surface area contributed by atoms with Crippen LogP contribution in [-0.4, -0.2) is 132 Å². The minimum atomic E-state index is -5.07. The molecule has 0 spiro atoms. The molecule has 27 nitrogen and oxygen atoms in total. The summed E-state index contributed by atoms with van der Waals surface area (Å²) in [5.41, 5.74) is 37.4. The highest BCUT2D eigenvalue weighted by molar-refractivity contribution is 7.47. The van der Waals surface area contributed by atoms with Crippen LogP contribution in [0.4, 0.5) is 0 Å². The number of ether oxygens (including phenoxy) is 1. The molecule has 7 amide bonds. The Morgan fingerprint density at radius 1 is 0.800 bits per heavy atom. The molecular formula is C62H90N13O14P. The van der Waals surface area contributed by atoms with E-state index >= 15 is 0 Å². The molecule has 8 bridgehead atoms. The number of aromatic nitrogens is 2. The number of rotatable bonds is 26. The molecule has 0 radical (unpaired) electrons. The molecular weight excluding hydrogens is 1180 g/mol. The normalized spacial score (nSPS) is 33.4. The molecule has 28 heteroatoms. The van der Waals surface area contributed by atoms with Crippen molar-refractivity contribution in [3.05, 3.63) is 63.9 Å². The smallest absolute Gasteiger partial charge is 0.394 e. The van der Waals surface area contributed by atoms with Crippen LogP contribution in [0.25, 0.3) is 11.0 Å². The van der Waals surface area contributed by atoms with E-state index in [2.05, 4.69) is 15.6 Å². The number of aliphatic hydroxyl groups is 2. The molecule has 6 aliphatic rings. The molecule has 0 aliphatic carbocycles. The second-order valence-corrected chi connectivity index (χ2v) is 28.4. The van der Waals surface area contributed by atoms with Crippen LogP contribution in [0.15, 0.2) is 67.8 Å². The summed E-state index contributed by atoms with van der Waals surface area (Å²) in [6, 6.07) is 2.70. The Morgan fingerprint density at radius 3 is 1.99 bits per heavy atom. The second kappa shape index (κ2) is 25.6. The van der Waals surface area contributed by atoms with Crippen LogP contribution in [0, 0.1) is 59.2 Å². The van der Waals surface area contributed by atoms with E-state index in [1.54, 1.807) is 4.57 Å². The first-order chi connectivity index (χ1) is 41.8. The van der Waals surface area contributed by atoms with Gasteiger partial charge in [0.2, 0.25) is 41.4 Å². The van der Waals surface area contributed by atoms with Crippen molar-refractivity contribution >= 4 is 77.3 Å². The maximum absolute atomic E-state index is 14.4. The van der Waals surface area contributed by atoms with Crippen LogP contribution in [0.3, 0.4) is 0 Å². The van der Waals surface area contributed by atoms with Gasteiger partial charge in [0.25, 0.3) is 0 Å². The number of aryl methyl sites for hydroxylation is 2. The van der Waals surface area contributed by atoms with Crippen molar-refractivity contribution in [1.82, 2.24) is 20.2 Å². The lowest BCUT2D eigenvalue weighted by Gasteiger charge is -2.48. The highest BCUT2D eigenvalue weighted by Gasteiger charge is 2.66. The molecule has 492 valence electrons. The first kappa shape index (κ1) is 68.9. The third-order valence-corrected chi connectivity index (χ3v) is 21.7. The number of imidazole rings is 1. The maximum atomic E-state index is 14.4. The number of phosphoric ester groups is 1. The topological polar surface area (TPSA) is 460 Å². The molecule has 1 aromatic heterocycles. The lowest BCUT2D eigenvalue weighted by Crippen LogP contribution is -2.56. The van der Waals surface area contributed by atoms with E-state index in [0.717, 1.165) is 11.1 Å². The minimum Gasteiger partial charge on any atom is -0.394 e. The molecule has 15 atom stereocenters. The van der Waals surface area contributed by atoms with Gasteiger partial charge >= 0.3 is 7.82 Å². The molecule has 2 saturated heterocycles. The van der Waals surface area contributed by atoms with Crippen molar-refractivity contribution in [2.45, 2.75) is 189 Å². The van der Waals surface area contributed by atoms with Crippen molar-refractivity contribution in [2.24, 2.45) is 94.7 Å². The summed E-state index contributed by atoms with van der Waals surface area (Å²) >= 11 is 0. The zero-order valence-electron chi connectivity index (χ0n) is 53.3. The fourth-order valence-corrected chi connectivity index (χ4v) is 16.6. The van der Waals surface area contributed by atoms with Gasteiger partial charge in [-0.05, 0) is 108 Å². The lowest BCUT2D eigenvalue weighted by atomic mass is 9.55. The molecule has 8 rings (SSSR count). The van der Waals surface area contributed by atoms with Gasteiger partial charge in [0.15, 0.2) is 6.23 Å². The SMILES string of the molecule is CC1=C2N/C(=C/C3=NC(=C(\C)C4=NC([C@H](CC(N)=O)[C@@]4(C)CCC(=O)NCC(C)OP(=O)(O)OC4C(CO)OC(n5cnc6cc(C)c(C)cc65)C4O)[C@]4(C)N=C1[C@@H](CCC(N)=O)[C@]4(C)CC(N)=O)/[C@@H](CCC(N)=O)C3(C)C)[C@@H](CCC(N)=O)[C@]2(C)CC(N)=O. The zero-order chi connectivity index (χ0) is 66.7. The number of aliphatic imine (C=N–C) groups is 3. The lowest BCUT2D eigenvalue weighted by molar-refractivity contribution is -0.124. The molecule has 7 unspecified atom stereocenters. The quantitative estimate of drug-likeness (QED) is 0.0603. The Bertz CT molecular complexity index is 3540. The van der Waals surface area contributed by atoms with Crippen molar-refractivity contribution in [1.29, 1.82) is 0 Å². The predicted octanol–water partition coefficient (Wildman–Crippen LogP) is 3.16. The summed E-state index contributed by atoms with van der Waals surface area (Å²) in [6.45, 7) is 19.3. The van der Waals surface area contributed by atoms with Crippen LogP contribution in [0.1, 0.15) is 150 Å². The number of benzene rings is 1. The average molecular weight is 1270 g/mol. The monoisotopic (exact) mass is 1270 g/mol. The number of primary amides is 6. The number of nitrogens with zero attached hydrogens (tertiary/aromatic N) is 5. The molecule has 6 aliphatic heterocycles. The summed E-state index contributed by atoms with van der Waals surface area (Å²) in [4.78, 5) is 126. The predicted molar refractivity (Wildman–Crippen MR) is 334 cm³/mol. The number of allylic oxidation sites excluding steroid dienone is 6. The number of phosphoric acid groups is 1. The number of hydrogen-bond donors (Lipinski definition) is 11. The Hall–Kier alpha value is -7.00. The number of carbonyl (C=O) groups is 7. The summed E-state index contributed by atoms with van der Waals surface area (Å²) in [5.74, 6) is -7.18. The van der Waals surface area contributed by atoms with Gasteiger partial charge in [-0.15, -0.1) is 0 Å². The Balaban J connectivity index is 1.19. The third-order valence-electron chi connectivity index (χ3n) is 20.6. The molecule has 2 fully saturated rings. The molecule has 0 saturated carbocycles. The van der Waals surface area contributed by atoms with Gasteiger partial charge < -0.3 is 69.4 Å². The van der Waals surface area contributed by atoms with Crippen molar-refractivity contribution in [3.8, 4) is 0 Å². The van der Waals surface area contributed by atoms with Crippen LogP contribution in [0.5, 0.6) is 0 Å². The maximum Gasteiger partial charge on any atom is 0.472 e. The molecule has 2 aromatic rings. The van der Waals surface area contributed by atoms with Crippen LogP contribution >= 0.6 is 7.82 Å².